The molecule has 0 saturated carbocycles. The van der Waals surface area contributed by atoms with Crippen molar-refractivity contribution in [2.45, 2.75) is 18.7 Å². The maximum absolute atomic E-state index is 12.1. The summed E-state index contributed by atoms with van der Waals surface area (Å²) in [6.07, 6.45) is 1.89. The molecule has 2 aromatic heterocycles. The van der Waals surface area contributed by atoms with Crippen LogP contribution in [-0.4, -0.2) is 26.3 Å². The van der Waals surface area contributed by atoms with Crippen molar-refractivity contribution in [3.63, 3.8) is 0 Å². The van der Waals surface area contributed by atoms with E-state index in [0.717, 1.165) is 22.8 Å². The number of rotatable bonds is 6. The number of hydrogen-bond acceptors (Lipinski definition) is 4. The van der Waals surface area contributed by atoms with Gasteiger partial charge in [-0.1, -0.05) is 29.8 Å². The van der Waals surface area contributed by atoms with Crippen LogP contribution in [0.4, 0.5) is 0 Å². The number of nitrogens with zero attached hydrogens (tertiary/aromatic N) is 3. The Balaban J connectivity index is 1.53. The molecule has 0 spiro atoms. The third kappa shape index (κ3) is 4.07. The Hall–Kier alpha value is -2.05. The van der Waals surface area contributed by atoms with Crippen LogP contribution >= 0.6 is 23.4 Å². The number of thioether (sulfide) groups is 1. The van der Waals surface area contributed by atoms with Crippen LogP contribution in [-0.2, 0) is 10.5 Å². The fraction of sp³-hybridized carbons (Fsp3) is 0.235. The lowest BCUT2D eigenvalue weighted by Gasteiger charge is -2.12. The van der Waals surface area contributed by atoms with Crippen molar-refractivity contribution >= 4 is 34.9 Å². The molecule has 0 bridgehead atoms. The quantitative estimate of drug-likeness (QED) is 0.731. The van der Waals surface area contributed by atoms with Gasteiger partial charge in [-0.05, 0) is 36.8 Å². The number of amides is 1. The summed E-state index contributed by atoms with van der Waals surface area (Å²) in [5.41, 5.74) is 1.88. The van der Waals surface area contributed by atoms with Gasteiger partial charge >= 0.3 is 0 Å². The maximum atomic E-state index is 12.1. The van der Waals surface area contributed by atoms with Gasteiger partial charge in [0.25, 0.3) is 0 Å². The molecule has 1 atom stereocenters. The molecule has 2 heterocycles. The predicted molar refractivity (Wildman–Crippen MR) is 97.2 cm³/mol. The lowest BCUT2D eigenvalue weighted by Crippen LogP contribution is -2.29. The van der Waals surface area contributed by atoms with E-state index in [0.29, 0.717) is 10.8 Å². The molecule has 0 radical (unpaired) electrons. The molecule has 0 fully saturated rings. The van der Waals surface area contributed by atoms with Crippen molar-refractivity contribution in [2.75, 3.05) is 5.75 Å². The zero-order valence-electron chi connectivity index (χ0n) is 13.1. The van der Waals surface area contributed by atoms with Gasteiger partial charge in [-0.3, -0.25) is 9.20 Å². The minimum absolute atomic E-state index is 0.0257. The second kappa shape index (κ2) is 7.68. The van der Waals surface area contributed by atoms with Crippen molar-refractivity contribution in [1.82, 2.24) is 19.9 Å². The summed E-state index contributed by atoms with van der Waals surface area (Å²) in [6, 6.07) is 13.2. The summed E-state index contributed by atoms with van der Waals surface area (Å²) >= 11 is 7.51. The molecule has 0 aliphatic rings. The number of hydrogen-bond donors (Lipinski definition) is 1. The van der Waals surface area contributed by atoms with Crippen molar-refractivity contribution < 1.29 is 4.79 Å². The average molecular weight is 361 g/mol. The first kappa shape index (κ1) is 16.8. The van der Waals surface area contributed by atoms with Gasteiger partial charge < -0.3 is 5.32 Å². The van der Waals surface area contributed by atoms with Gasteiger partial charge in [0.05, 0.1) is 11.8 Å². The maximum Gasteiger partial charge on any atom is 0.230 e. The fourth-order valence-corrected chi connectivity index (χ4v) is 3.39. The van der Waals surface area contributed by atoms with E-state index in [-0.39, 0.29) is 11.9 Å². The highest BCUT2D eigenvalue weighted by atomic mass is 35.5. The van der Waals surface area contributed by atoms with Crippen LogP contribution in [0.15, 0.2) is 48.7 Å². The van der Waals surface area contributed by atoms with Crippen LogP contribution in [0.3, 0.4) is 0 Å². The van der Waals surface area contributed by atoms with Crippen LogP contribution in [0.2, 0.25) is 5.02 Å². The van der Waals surface area contributed by atoms with Gasteiger partial charge in [-0.25, -0.2) is 0 Å². The molecule has 1 N–H and O–H groups in total. The molecule has 3 aromatic rings. The molecule has 1 aromatic carbocycles. The summed E-state index contributed by atoms with van der Waals surface area (Å²) in [4.78, 5) is 12.1. The normalized spacial score (nSPS) is 12.2. The van der Waals surface area contributed by atoms with Crippen molar-refractivity contribution in [3.05, 3.63) is 65.1 Å². The summed E-state index contributed by atoms with van der Waals surface area (Å²) in [6.45, 7) is 1.91. The SMILES string of the molecule is CC(NC(=O)CSCc1cccc(Cl)c1)c1nnc2ccccn12. The summed E-state index contributed by atoms with van der Waals surface area (Å²) in [7, 11) is 0. The van der Waals surface area contributed by atoms with Crippen LogP contribution in [0, 0.1) is 0 Å². The Morgan fingerprint density at radius 3 is 3.00 bits per heavy atom. The van der Waals surface area contributed by atoms with Gasteiger partial charge in [-0.15, -0.1) is 22.0 Å². The number of pyridine rings is 1. The van der Waals surface area contributed by atoms with Crippen LogP contribution < -0.4 is 5.32 Å². The molecule has 5 nitrogen and oxygen atoms in total. The lowest BCUT2D eigenvalue weighted by atomic mass is 10.2. The van der Waals surface area contributed by atoms with E-state index >= 15 is 0 Å². The minimum Gasteiger partial charge on any atom is -0.346 e. The summed E-state index contributed by atoms with van der Waals surface area (Å²) < 4.78 is 1.88. The predicted octanol–water partition coefficient (Wildman–Crippen LogP) is 3.49. The number of nitrogens with one attached hydrogen (secondary N) is 1. The van der Waals surface area contributed by atoms with E-state index in [9.17, 15) is 4.79 Å². The number of carbonyl (C=O) groups excluding carboxylic acids is 1. The topological polar surface area (TPSA) is 59.3 Å². The van der Waals surface area contributed by atoms with Crippen molar-refractivity contribution in [2.24, 2.45) is 0 Å². The molecule has 7 heteroatoms. The first-order chi connectivity index (χ1) is 11.6. The van der Waals surface area contributed by atoms with Crippen molar-refractivity contribution in [1.29, 1.82) is 0 Å². The van der Waals surface area contributed by atoms with E-state index in [1.54, 1.807) is 11.8 Å². The first-order valence-electron chi connectivity index (χ1n) is 7.54. The fourth-order valence-electron chi connectivity index (χ4n) is 2.39. The van der Waals surface area contributed by atoms with E-state index < -0.39 is 0 Å². The second-order valence-corrected chi connectivity index (χ2v) is 6.82. The van der Waals surface area contributed by atoms with Gasteiger partial charge in [0.15, 0.2) is 11.5 Å². The Morgan fingerprint density at radius 1 is 1.29 bits per heavy atom. The highest BCUT2D eigenvalue weighted by molar-refractivity contribution is 7.99. The molecule has 24 heavy (non-hydrogen) atoms. The Morgan fingerprint density at radius 2 is 2.17 bits per heavy atom. The van der Waals surface area contributed by atoms with E-state index in [2.05, 4.69) is 15.5 Å². The monoisotopic (exact) mass is 360 g/mol. The van der Waals surface area contributed by atoms with E-state index in [1.807, 2.05) is 60.0 Å². The molecule has 1 unspecified atom stereocenters. The van der Waals surface area contributed by atoms with Gasteiger partial charge in [-0.2, -0.15) is 0 Å². The van der Waals surface area contributed by atoms with Crippen LogP contribution in [0.25, 0.3) is 5.65 Å². The third-order valence-corrected chi connectivity index (χ3v) is 4.73. The highest BCUT2D eigenvalue weighted by Crippen LogP contribution is 2.17. The number of aromatic nitrogens is 3. The Kier molecular flexibility index (Phi) is 5.37. The summed E-state index contributed by atoms with van der Waals surface area (Å²) in [5.74, 6) is 1.82. The van der Waals surface area contributed by atoms with Gasteiger partial charge in [0.2, 0.25) is 5.91 Å². The lowest BCUT2D eigenvalue weighted by molar-refractivity contribution is -0.119. The smallest absolute Gasteiger partial charge is 0.230 e. The average Bonchev–Trinajstić information content (AvgIpc) is 2.99. The highest BCUT2D eigenvalue weighted by Gasteiger charge is 2.15. The zero-order chi connectivity index (χ0) is 16.9. The number of carbonyl (C=O) groups is 1. The molecular weight excluding hydrogens is 344 g/mol. The van der Waals surface area contributed by atoms with Gasteiger partial charge in [0.1, 0.15) is 0 Å². The Labute approximate surface area is 149 Å². The van der Waals surface area contributed by atoms with Crippen molar-refractivity contribution in [3.8, 4) is 0 Å². The molecular formula is C17H17ClN4OS. The third-order valence-electron chi connectivity index (χ3n) is 3.50. The van der Waals surface area contributed by atoms with Crippen LogP contribution in [0.1, 0.15) is 24.4 Å². The van der Waals surface area contributed by atoms with E-state index in [1.165, 1.54) is 0 Å². The Bertz CT molecular complexity index is 851. The number of benzene rings is 1. The van der Waals surface area contributed by atoms with E-state index in [4.69, 9.17) is 11.6 Å². The largest absolute Gasteiger partial charge is 0.346 e. The van der Waals surface area contributed by atoms with Crippen LogP contribution in [0.5, 0.6) is 0 Å². The molecule has 0 aliphatic carbocycles. The summed E-state index contributed by atoms with van der Waals surface area (Å²) in [5, 5.41) is 11.9. The minimum atomic E-state index is -0.207. The molecule has 124 valence electrons. The standard InChI is InChI=1S/C17H17ClN4OS/c1-12(17-21-20-15-7-2-3-8-22(15)17)19-16(23)11-24-10-13-5-4-6-14(18)9-13/h2-9,12H,10-11H2,1H3,(H,19,23). The molecule has 3 rings (SSSR count). The zero-order valence-corrected chi connectivity index (χ0v) is 14.7. The molecule has 0 aliphatic heterocycles. The number of fused-ring (bicyclic) bond motifs is 1. The second-order valence-electron chi connectivity index (χ2n) is 5.40. The molecule has 0 saturated heterocycles. The first-order valence-corrected chi connectivity index (χ1v) is 9.08. The molecule has 1 amide bonds. The van der Waals surface area contributed by atoms with Gasteiger partial charge in [0, 0.05) is 17.0 Å². The number of halogens is 1.